The first-order valence-electron chi connectivity index (χ1n) is 7.61. The lowest BCUT2D eigenvalue weighted by molar-refractivity contribution is 0.486. The highest BCUT2D eigenvalue weighted by Gasteiger charge is 2.16. The maximum absolute atomic E-state index is 12.2. The molecule has 0 heterocycles. The Bertz CT molecular complexity index is 965. The van der Waals surface area contributed by atoms with Crippen molar-refractivity contribution in [1.82, 2.24) is 0 Å². The number of hydrogen-bond donors (Lipinski definition) is 0. The van der Waals surface area contributed by atoms with Crippen molar-refractivity contribution in [3.05, 3.63) is 84.4 Å². The second kappa shape index (κ2) is 7.27. The van der Waals surface area contributed by atoms with Crippen LogP contribution in [0.2, 0.25) is 0 Å². The monoisotopic (exact) mass is 352 g/mol. The summed E-state index contributed by atoms with van der Waals surface area (Å²) in [6.07, 6.45) is 0. The van der Waals surface area contributed by atoms with Crippen molar-refractivity contribution in [3.63, 3.8) is 0 Å². The van der Waals surface area contributed by atoms with Gasteiger partial charge < -0.3 is 4.18 Å². The van der Waals surface area contributed by atoms with Gasteiger partial charge in [0.2, 0.25) is 0 Å². The molecule has 0 aliphatic rings. The minimum absolute atomic E-state index is 0.117. The number of rotatable bonds is 5. The van der Waals surface area contributed by atoms with Gasteiger partial charge in [0, 0.05) is 0 Å². The Kier molecular flexibility index (Phi) is 4.90. The Morgan fingerprint density at radius 1 is 0.720 bits per heavy atom. The number of nitrogens with zero attached hydrogens (tertiary/aromatic N) is 2. The third-order valence-electron chi connectivity index (χ3n) is 3.39. The zero-order valence-electron chi connectivity index (χ0n) is 13.5. The lowest BCUT2D eigenvalue weighted by Gasteiger charge is -2.07. The van der Waals surface area contributed by atoms with Crippen molar-refractivity contribution in [3.8, 4) is 5.75 Å². The topological polar surface area (TPSA) is 68.1 Å². The summed E-state index contributed by atoms with van der Waals surface area (Å²) < 4.78 is 29.6. The number of aryl methyl sites for hydroxylation is 1. The van der Waals surface area contributed by atoms with Crippen LogP contribution in [-0.2, 0) is 10.1 Å². The molecule has 0 saturated heterocycles. The molecular formula is C19H16N2O3S. The maximum Gasteiger partial charge on any atom is 0.339 e. The molecule has 126 valence electrons. The van der Waals surface area contributed by atoms with Crippen LogP contribution in [-0.4, -0.2) is 8.42 Å². The average molecular weight is 352 g/mol. The van der Waals surface area contributed by atoms with Crippen LogP contribution >= 0.6 is 0 Å². The summed E-state index contributed by atoms with van der Waals surface area (Å²) in [4.78, 5) is 0.117. The molecule has 0 unspecified atom stereocenters. The quantitative estimate of drug-likeness (QED) is 0.469. The summed E-state index contributed by atoms with van der Waals surface area (Å²) in [5.41, 5.74) is 2.32. The van der Waals surface area contributed by atoms with Crippen molar-refractivity contribution < 1.29 is 12.6 Å². The normalized spacial score (nSPS) is 11.6. The average Bonchev–Trinajstić information content (AvgIpc) is 2.62. The molecule has 0 amide bonds. The summed E-state index contributed by atoms with van der Waals surface area (Å²) in [5, 5.41) is 8.20. The Morgan fingerprint density at radius 3 is 1.88 bits per heavy atom. The van der Waals surface area contributed by atoms with Gasteiger partial charge in [0.1, 0.15) is 10.6 Å². The molecule has 6 heteroatoms. The van der Waals surface area contributed by atoms with E-state index in [4.69, 9.17) is 4.18 Å². The fourth-order valence-corrected chi connectivity index (χ4v) is 2.99. The molecule has 0 N–H and O–H groups in total. The van der Waals surface area contributed by atoms with E-state index >= 15 is 0 Å². The van der Waals surface area contributed by atoms with Crippen molar-refractivity contribution in [2.24, 2.45) is 10.2 Å². The molecule has 0 aromatic heterocycles. The molecule has 3 aromatic rings. The first kappa shape index (κ1) is 16.9. The van der Waals surface area contributed by atoms with E-state index in [1.807, 2.05) is 37.3 Å². The van der Waals surface area contributed by atoms with Gasteiger partial charge in [-0.25, -0.2) is 0 Å². The number of azo groups is 1. The van der Waals surface area contributed by atoms with Crippen LogP contribution in [0, 0.1) is 6.92 Å². The predicted octanol–water partition coefficient (Wildman–Crippen LogP) is 5.18. The SMILES string of the molecule is Cc1ccc(S(=O)(=O)Oc2ccc(N=Nc3ccccc3)cc2)cc1. The van der Waals surface area contributed by atoms with E-state index in [-0.39, 0.29) is 10.6 Å². The van der Waals surface area contributed by atoms with Gasteiger partial charge in [-0.2, -0.15) is 18.6 Å². The smallest absolute Gasteiger partial charge is 0.339 e. The van der Waals surface area contributed by atoms with Crippen LogP contribution in [0.15, 0.2) is 94.0 Å². The Morgan fingerprint density at radius 2 is 1.28 bits per heavy atom. The van der Waals surface area contributed by atoms with E-state index in [0.29, 0.717) is 5.69 Å². The molecule has 0 saturated carbocycles. The van der Waals surface area contributed by atoms with Gasteiger partial charge in [0.15, 0.2) is 0 Å². The summed E-state index contributed by atoms with van der Waals surface area (Å²) in [5.74, 6) is 0.222. The zero-order chi connectivity index (χ0) is 17.7. The highest BCUT2D eigenvalue weighted by Crippen LogP contribution is 2.23. The fraction of sp³-hybridized carbons (Fsp3) is 0.0526. The molecule has 25 heavy (non-hydrogen) atoms. The third-order valence-corrected chi connectivity index (χ3v) is 4.65. The van der Waals surface area contributed by atoms with E-state index in [1.54, 1.807) is 36.4 Å². The first-order valence-corrected chi connectivity index (χ1v) is 9.02. The van der Waals surface area contributed by atoms with Crippen LogP contribution in [0.3, 0.4) is 0 Å². The van der Waals surface area contributed by atoms with E-state index in [0.717, 1.165) is 11.3 Å². The van der Waals surface area contributed by atoms with E-state index in [1.165, 1.54) is 12.1 Å². The molecule has 3 rings (SSSR count). The zero-order valence-corrected chi connectivity index (χ0v) is 14.3. The Labute approximate surface area is 146 Å². The summed E-state index contributed by atoms with van der Waals surface area (Å²) >= 11 is 0. The molecule has 0 radical (unpaired) electrons. The molecular weight excluding hydrogens is 336 g/mol. The van der Waals surface area contributed by atoms with Crippen molar-refractivity contribution in [2.45, 2.75) is 11.8 Å². The molecule has 0 bridgehead atoms. The molecule has 0 aliphatic carbocycles. The van der Waals surface area contributed by atoms with Crippen LogP contribution < -0.4 is 4.18 Å². The molecule has 0 aliphatic heterocycles. The minimum atomic E-state index is -3.85. The van der Waals surface area contributed by atoms with Gasteiger partial charge in [0.05, 0.1) is 11.4 Å². The lowest BCUT2D eigenvalue weighted by Crippen LogP contribution is -2.09. The van der Waals surface area contributed by atoms with E-state index < -0.39 is 10.1 Å². The number of hydrogen-bond acceptors (Lipinski definition) is 5. The fourth-order valence-electron chi connectivity index (χ4n) is 2.06. The van der Waals surface area contributed by atoms with Gasteiger partial charge in [-0.05, 0) is 55.5 Å². The van der Waals surface area contributed by atoms with Crippen LogP contribution in [0.1, 0.15) is 5.56 Å². The Hall–Kier alpha value is -2.99. The lowest BCUT2D eigenvalue weighted by atomic mass is 10.2. The molecule has 5 nitrogen and oxygen atoms in total. The van der Waals surface area contributed by atoms with Crippen LogP contribution in [0.4, 0.5) is 11.4 Å². The molecule has 0 fully saturated rings. The summed E-state index contributed by atoms with van der Waals surface area (Å²) in [7, 11) is -3.85. The molecule has 0 spiro atoms. The number of benzene rings is 3. The van der Waals surface area contributed by atoms with Crippen molar-refractivity contribution in [1.29, 1.82) is 0 Å². The second-order valence-electron chi connectivity index (χ2n) is 5.38. The Balaban J connectivity index is 1.72. The second-order valence-corrected chi connectivity index (χ2v) is 6.93. The summed E-state index contributed by atoms with van der Waals surface area (Å²) in [6.45, 7) is 1.89. The van der Waals surface area contributed by atoms with Gasteiger partial charge in [-0.15, -0.1) is 0 Å². The van der Waals surface area contributed by atoms with Gasteiger partial charge in [-0.1, -0.05) is 35.9 Å². The van der Waals surface area contributed by atoms with Gasteiger partial charge >= 0.3 is 10.1 Å². The summed E-state index contributed by atoms with van der Waals surface area (Å²) in [6, 6.07) is 22.2. The largest absolute Gasteiger partial charge is 0.379 e. The van der Waals surface area contributed by atoms with Crippen LogP contribution in [0.5, 0.6) is 5.75 Å². The molecule has 3 aromatic carbocycles. The molecule has 0 atom stereocenters. The van der Waals surface area contributed by atoms with Crippen molar-refractivity contribution in [2.75, 3.05) is 0 Å². The first-order chi connectivity index (χ1) is 12.0. The van der Waals surface area contributed by atoms with E-state index in [2.05, 4.69) is 10.2 Å². The van der Waals surface area contributed by atoms with Crippen LogP contribution in [0.25, 0.3) is 0 Å². The standard InChI is InChI=1S/C19H16N2O3S/c1-15-7-13-19(14-8-15)25(22,23)24-18-11-9-17(10-12-18)21-20-16-5-3-2-4-6-16/h2-14H,1H3. The van der Waals surface area contributed by atoms with Crippen molar-refractivity contribution >= 4 is 21.5 Å². The maximum atomic E-state index is 12.2. The van der Waals surface area contributed by atoms with Gasteiger partial charge in [-0.3, -0.25) is 0 Å². The highest BCUT2D eigenvalue weighted by atomic mass is 32.2. The predicted molar refractivity (Wildman–Crippen MR) is 96.1 cm³/mol. The third kappa shape index (κ3) is 4.51. The highest BCUT2D eigenvalue weighted by molar-refractivity contribution is 7.87. The minimum Gasteiger partial charge on any atom is -0.379 e. The van der Waals surface area contributed by atoms with Gasteiger partial charge in [0.25, 0.3) is 0 Å². The van der Waals surface area contributed by atoms with E-state index in [9.17, 15) is 8.42 Å².